The second-order valence-electron chi connectivity index (χ2n) is 5.18. The molecule has 2 rings (SSSR count). The molecule has 0 aliphatic rings. The van der Waals surface area contributed by atoms with E-state index in [0.717, 1.165) is 27.5 Å². The number of hydrogen-bond donors (Lipinski definition) is 1. The van der Waals surface area contributed by atoms with Crippen molar-refractivity contribution in [3.8, 4) is 0 Å². The predicted molar refractivity (Wildman–Crippen MR) is 84.3 cm³/mol. The molecule has 2 aromatic rings. The summed E-state index contributed by atoms with van der Waals surface area (Å²) in [5, 5.41) is 13.6. The first-order valence-corrected chi connectivity index (χ1v) is 8.32. The number of rotatable bonds is 6. The Balaban J connectivity index is 1.98. The van der Waals surface area contributed by atoms with Crippen molar-refractivity contribution in [1.29, 1.82) is 0 Å². The van der Waals surface area contributed by atoms with E-state index in [-0.39, 0.29) is 0 Å². The lowest BCUT2D eigenvalue weighted by Crippen LogP contribution is -2.19. The van der Waals surface area contributed by atoms with E-state index in [1.165, 1.54) is 11.1 Å². The average Bonchev–Trinajstić information content (AvgIpc) is 2.78. The molecule has 0 spiro atoms. The first kappa shape index (κ1) is 15.4. The third-order valence-corrected chi connectivity index (χ3v) is 4.67. The van der Waals surface area contributed by atoms with Crippen LogP contribution < -0.4 is 5.32 Å². The van der Waals surface area contributed by atoms with Gasteiger partial charge in [-0.15, -0.1) is 10.2 Å². The second kappa shape index (κ2) is 7.15. The summed E-state index contributed by atoms with van der Waals surface area (Å²) in [5.41, 5.74) is 2.41. The van der Waals surface area contributed by atoms with Crippen molar-refractivity contribution in [2.75, 3.05) is 6.54 Å². The van der Waals surface area contributed by atoms with Gasteiger partial charge in [0, 0.05) is 12.7 Å². The molecule has 0 radical (unpaired) electrons. The summed E-state index contributed by atoms with van der Waals surface area (Å²) < 4.78 is 0.948. The van der Waals surface area contributed by atoms with Gasteiger partial charge in [0.15, 0.2) is 4.34 Å². The van der Waals surface area contributed by atoms with Gasteiger partial charge >= 0.3 is 0 Å². The molecule has 108 valence electrons. The Kier molecular flexibility index (Phi) is 5.51. The molecule has 0 aromatic carbocycles. The van der Waals surface area contributed by atoms with Gasteiger partial charge in [0.2, 0.25) is 0 Å². The molecule has 0 atom stereocenters. The van der Waals surface area contributed by atoms with Crippen LogP contribution in [0.3, 0.4) is 0 Å². The highest BCUT2D eigenvalue weighted by Crippen LogP contribution is 2.30. The summed E-state index contributed by atoms with van der Waals surface area (Å²) in [6.07, 6.45) is 1.94. The summed E-state index contributed by atoms with van der Waals surface area (Å²) in [6, 6.07) is 2.19. The zero-order chi connectivity index (χ0) is 14.5. The predicted octanol–water partition coefficient (Wildman–Crippen LogP) is 3.45. The molecular formula is C14H20N4S2. The first-order valence-electron chi connectivity index (χ1n) is 6.69. The Morgan fingerprint density at radius 3 is 2.70 bits per heavy atom. The largest absolute Gasteiger partial charge is 0.312 e. The van der Waals surface area contributed by atoms with Gasteiger partial charge in [-0.25, -0.2) is 4.98 Å². The molecule has 2 aromatic heterocycles. The van der Waals surface area contributed by atoms with E-state index in [1.807, 2.05) is 13.1 Å². The fraction of sp³-hybridized carbons (Fsp3) is 0.500. The third-order valence-electron chi connectivity index (χ3n) is 2.66. The van der Waals surface area contributed by atoms with Crippen LogP contribution in [0.5, 0.6) is 0 Å². The summed E-state index contributed by atoms with van der Waals surface area (Å²) in [6.45, 7) is 10.4. The maximum absolute atomic E-state index is 4.54. The van der Waals surface area contributed by atoms with Crippen LogP contribution in [0.1, 0.15) is 30.0 Å². The normalized spacial score (nSPS) is 11.2. The summed E-state index contributed by atoms with van der Waals surface area (Å²) in [5.74, 6) is 0.666. The van der Waals surface area contributed by atoms with Crippen LogP contribution in [0.15, 0.2) is 21.6 Å². The molecule has 0 bridgehead atoms. The maximum Gasteiger partial charge on any atom is 0.180 e. The van der Waals surface area contributed by atoms with Crippen LogP contribution in [0.25, 0.3) is 0 Å². The Bertz CT molecular complexity index is 566. The monoisotopic (exact) mass is 308 g/mol. The van der Waals surface area contributed by atoms with E-state index in [0.29, 0.717) is 5.92 Å². The standard InChI is InChI=1S/C14H20N4S2/c1-9(2)6-15-7-12-5-10(3)13(16-8-12)20-14-18-17-11(4)19-14/h5,8-9,15H,6-7H2,1-4H3. The van der Waals surface area contributed by atoms with E-state index in [4.69, 9.17) is 0 Å². The molecular weight excluding hydrogens is 288 g/mol. The lowest BCUT2D eigenvalue weighted by atomic mass is 10.2. The Morgan fingerprint density at radius 2 is 2.10 bits per heavy atom. The summed E-state index contributed by atoms with van der Waals surface area (Å²) in [7, 11) is 0. The molecule has 4 nitrogen and oxygen atoms in total. The number of hydrogen-bond acceptors (Lipinski definition) is 6. The smallest absolute Gasteiger partial charge is 0.180 e. The minimum Gasteiger partial charge on any atom is -0.312 e. The molecule has 20 heavy (non-hydrogen) atoms. The topological polar surface area (TPSA) is 50.7 Å². The Hall–Kier alpha value is -0.980. The first-order chi connectivity index (χ1) is 9.54. The van der Waals surface area contributed by atoms with Gasteiger partial charge in [0.25, 0.3) is 0 Å². The lowest BCUT2D eigenvalue weighted by molar-refractivity contribution is 0.551. The second-order valence-corrected chi connectivity index (χ2v) is 7.60. The van der Waals surface area contributed by atoms with Crippen LogP contribution in [0.2, 0.25) is 0 Å². The van der Waals surface area contributed by atoms with Gasteiger partial charge in [0.1, 0.15) is 10.0 Å². The minimum absolute atomic E-state index is 0.666. The maximum atomic E-state index is 4.54. The Labute approximate surface area is 128 Å². The van der Waals surface area contributed by atoms with Crippen molar-refractivity contribution in [1.82, 2.24) is 20.5 Å². The highest BCUT2D eigenvalue weighted by atomic mass is 32.2. The third kappa shape index (κ3) is 4.54. The lowest BCUT2D eigenvalue weighted by Gasteiger charge is -2.09. The van der Waals surface area contributed by atoms with Gasteiger partial charge in [-0.2, -0.15) is 0 Å². The van der Waals surface area contributed by atoms with Crippen LogP contribution in [0.4, 0.5) is 0 Å². The van der Waals surface area contributed by atoms with Crippen LogP contribution >= 0.6 is 23.1 Å². The van der Waals surface area contributed by atoms with Gasteiger partial charge in [-0.1, -0.05) is 31.3 Å². The van der Waals surface area contributed by atoms with Crippen molar-refractivity contribution in [3.05, 3.63) is 28.4 Å². The van der Waals surface area contributed by atoms with Crippen LogP contribution in [0, 0.1) is 19.8 Å². The van der Waals surface area contributed by atoms with Crippen molar-refractivity contribution in [2.45, 2.75) is 43.6 Å². The van der Waals surface area contributed by atoms with E-state index in [2.05, 4.69) is 47.3 Å². The quantitative estimate of drug-likeness (QED) is 0.886. The van der Waals surface area contributed by atoms with E-state index >= 15 is 0 Å². The number of nitrogens with zero attached hydrogens (tertiary/aromatic N) is 3. The molecule has 6 heteroatoms. The fourth-order valence-corrected chi connectivity index (χ4v) is 3.49. The number of aromatic nitrogens is 3. The number of pyridine rings is 1. The van der Waals surface area contributed by atoms with Crippen LogP contribution in [-0.2, 0) is 6.54 Å². The molecule has 0 fully saturated rings. The average molecular weight is 308 g/mol. The Morgan fingerprint density at radius 1 is 1.30 bits per heavy atom. The fourth-order valence-electron chi connectivity index (χ4n) is 1.73. The van der Waals surface area contributed by atoms with Gasteiger partial charge in [-0.3, -0.25) is 0 Å². The molecule has 0 unspecified atom stereocenters. The highest BCUT2D eigenvalue weighted by Gasteiger charge is 2.08. The summed E-state index contributed by atoms with van der Waals surface area (Å²) >= 11 is 3.19. The molecule has 2 heterocycles. The molecule has 0 aliphatic carbocycles. The van der Waals surface area contributed by atoms with E-state index in [1.54, 1.807) is 23.1 Å². The van der Waals surface area contributed by atoms with Gasteiger partial charge in [-0.05, 0) is 49.2 Å². The molecule has 0 amide bonds. The molecule has 0 aliphatic heterocycles. The van der Waals surface area contributed by atoms with E-state index in [9.17, 15) is 0 Å². The molecule has 0 saturated heterocycles. The van der Waals surface area contributed by atoms with Crippen molar-refractivity contribution in [2.24, 2.45) is 5.92 Å². The minimum atomic E-state index is 0.666. The number of aryl methyl sites for hydroxylation is 2. The van der Waals surface area contributed by atoms with Crippen molar-refractivity contribution >= 4 is 23.1 Å². The van der Waals surface area contributed by atoms with Crippen molar-refractivity contribution < 1.29 is 0 Å². The zero-order valence-electron chi connectivity index (χ0n) is 12.3. The summed E-state index contributed by atoms with van der Waals surface area (Å²) in [4.78, 5) is 4.54. The van der Waals surface area contributed by atoms with Gasteiger partial charge < -0.3 is 5.32 Å². The van der Waals surface area contributed by atoms with Gasteiger partial charge in [0.05, 0.1) is 0 Å². The molecule has 0 saturated carbocycles. The van der Waals surface area contributed by atoms with Crippen molar-refractivity contribution in [3.63, 3.8) is 0 Å². The zero-order valence-corrected chi connectivity index (χ0v) is 13.9. The van der Waals surface area contributed by atoms with E-state index < -0.39 is 0 Å². The molecule has 1 N–H and O–H groups in total. The van der Waals surface area contributed by atoms with Crippen LogP contribution in [-0.4, -0.2) is 21.7 Å². The highest BCUT2D eigenvalue weighted by molar-refractivity contribution is 8.01. The number of nitrogens with one attached hydrogen (secondary N) is 1. The SMILES string of the molecule is Cc1nnc(Sc2ncc(CNCC(C)C)cc2C)s1.